The van der Waals surface area contributed by atoms with Crippen LogP contribution in [0.25, 0.3) is 22.3 Å². The Morgan fingerprint density at radius 3 is 2.40 bits per heavy atom. The molecule has 5 heterocycles. The first-order valence-corrected chi connectivity index (χ1v) is 20.3. The second-order valence-corrected chi connectivity index (χ2v) is 17.0. The minimum atomic E-state index is -1.10. The van der Waals surface area contributed by atoms with Crippen molar-refractivity contribution in [2.75, 3.05) is 36.4 Å². The first-order valence-electron chi connectivity index (χ1n) is 19.9. The molecule has 1 spiro atoms. The number of benzene rings is 2. The lowest BCUT2D eigenvalue weighted by molar-refractivity contribution is -0.134. The fourth-order valence-corrected chi connectivity index (χ4v) is 9.50. The summed E-state index contributed by atoms with van der Waals surface area (Å²) in [5.41, 5.74) is 4.57. The topological polar surface area (TPSA) is 119 Å². The Morgan fingerprint density at radius 2 is 1.73 bits per heavy atom. The third-order valence-corrected chi connectivity index (χ3v) is 12.7. The van der Waals surface area contributed by atoms with Gasteiger partial charge in [-0.05, 0) is 109 Å². The largest absolute Gasteiger partial charge is 0.374 e. The summed E-state index contributed by atoms with van der Waals surface area (Å²) in [4.78, 5) is 43.5. The molecular weight excluding hydrogens is 719 g/mol. The Morgan fingerprint density at radius 1 is 1.00 bits per heavy atom. The number of carbonyl (C=O) groups excluding carboxylic acids is 2. The van der Waals surface area contributed by atoms with Gasteiger partial charge in [-0.15, -0.1) is 0 Å². The predicted molar refractivity (Wildman–Crippen MR) is 214 cm³/mol. The number of imidazole rings is 1. The second kappa shape index (κ2) is 14.8. The van der Waals surface area contributed by atoms with Crippen LogP contribution in [0.2, 0.25) is 5.02 Å². The number of likely N-dealkylation sites (tertiary alicyclic amines) is 2. The number of carbonyl (C=O) groups is 2. The molecule has 3 aliphatic heterocycles. The number of hydrogen-bond donors (Lipinski definition) is 3. The average Bonchev–Trinajstić information content (AvgIpc) is 3.67. The van der Waals surface area contributed by atoms with Crippen molar-refractivity contribution < 1.29 is 19.1 Å². The molecular formula is C42H52ClFN8O3. The number of hydrogen-bond acceptors (Lipinski definition) is 8. The van der Waals surface area contributed by atoms with Crippen molar-refractivity contribution in [2.45, 2.75) is 115 Å². The van der Waals surface area contributed by atoms with Gasteiger partial charge in [0.25, 0.3) is 0 Å². The number of halogens is 2. The smallest absolute Gasteiger partial charge is 0.238 e. The molecule has 3 N–H and O–H groups in total. The van der Waals surface area contributed by atoms with Crippen molar-refractivity contribution in [1.82, 2.24) is 29.7 Å². The van der Waals surface area contributed by atoms with E-state index in [0.29, 0.717) is 60.1 Å². The fourth-order valence-electron chi connectivity index (χ4n) is 9.24. The van der Waals surface area contributed by atoms with Gasteiger partial charge in [-0.2, -0.15) is 0 Å². The van der Waals surface area contributed by atoms with E-state index in [2.05, 4.69) is 32.6 Å². The van der Waals surface area contributed by atoms with E-state index < -0.39 is 17.5 Å². The number of pyridine rings is 1. The van der Waals surface area contributed by atoms with E-state index in [1.807, 2.05) is 49.3 Å². The van der Waals surface area contributed by atoms with Crippen LogP contribution in [0.5, 0.6) is 0 Å². The van der Waals surface area contributed by atoms with E-state index in [9.17, 15) is 14.7 Å². The molecule has 55 heavy (non-hydrogen) atoms. The summed E-state index contributed by atoms with van der Waals surface area (Å²) < 4.78 is 17.6. The number of nitrogens with one attached hydrogen (secondary N) is 2. The number of nitrogens with zero attached hydrogens (tertiary/aromatic N) is 6. The predicted octanol–water partition coefficient (Wildman–Crippen LogP) is 7.45. The Hall–Kier alpha value is -4.10. The number of aliphatic hydroxyl groups excluding tert-OH is 1. The molecule has 11 nitrogen and oxygen atoms in total. The van der Waals surface area contributed by atoms with E-state index in [0.717, 1.165) is 42.7 Å². The molecule has 0 bridgehead atoms. The average molecular weight is 771 g/mol. The van der Waals surface area contributed by atoms with Crippen LogP contribution in [-0.2, 0) is 15.0 Å². The number of aliphatic hydroxyl groups is 1. The lowest BCUT2D eigenvalue weighted by Crippen LogP contribution is -2.58. The van der Waals surface area contributed by atoms with Gasteiger partial charge in [-0.25, -0.2) is 14.4 Å². The molecule has 1 atom stereocenters. The maximum atomic E-state index is 15.6. The van der Waals surface area contributed by atoms with Gasteiger partial charge in [0.2, 0.25) is 11.8 Å². The van der Waals surface area contributed by atoms with Crippen molar-refractivity contribution in [3.8, 4) is 11.3 Å². The number of amides is 2. The summed E-state index contributed by atoms with van der Waals surface area (Å²) in [5, 5.41) is 17.2. The molecule has 13 heteroatoms. The molecule has 1 saturated carbocycles. The summed E-state index contributed by atoms with van der Waals surface area (Å²) in [6, 6.07) is 11.5. The third kappa shape index (κ3) is 6.79. The number of piperidine rings is 2. The summed E-state index contributed by atoms with van der Waals surface area (Å²) in [6.07, 6.45) is 7.51. The zero-order valence-electron chi connectivity index (χ0n) is 32.4. The number of rotatable bonds is 9. The first kappa shape index (κ1) is 37.8. The van der Waals surface area contributed by atoms with E-state index in [1.165, 1.54) is 31.4 Å². The van der Waals surface area contributed by atoms with E-state index in [1.54, 1.807) is 13.3 Å². The summed E-state index contributed by atoms with van der Waals surface area (Å²) in [6.45, 7) is 12.9. The lowest BCUT2D eigenvalue weighted by atomic mass is 9.73. The van der Waals surface area contributed by atoms with Crippen LogP contribution in [0.4, 0.5) is 21.6 Å². The van der Waals surface area contributed by atoms with Gasteiger partial charge >= 0.3 is 0 Å². The molecule has 8 rings (SSSR count). The van der Waals surface area contributed by atoms with E-state index in [-0.39, 0.29) is 40.6 Å². The molecule has 2 aromatic carbocycles. The van der Waals surface area contributed by atoms with Crippen LogP contribution in [0.1, 0.15) is 103 Å². The molecule has 292 valence electrons. The highest BCUT2D eigenvalue weighted by Gasteiger charge is 2.55. The van der Waals surface area contributed by atoms with Crippen molar-refractivity contribution in [3.05, 3.63) is 64.7 Å². The van der Waals surface area contributed by atoms with Crippen LogP contribution in [0, 0.1) is 5.82 Å². The number of anilines is 3. The molecule has 2 amide bonds. The SMILES string of the molecule is CC(=O)N1CCC2(CC1)C(=O)N([C@H]1C[C@@H](N3CCCCC3)C1)c1cc(-c3cc4ncn(C(C)C)c4c(Nc4cc(C(O)NC(C)C)c(Cl)cc4F)n3)ccc12. The van der Waals surface area contributed by atoms with Crippen LogP contribution in [-0.4, -0.2) is 85.6 Å². The minimum Gasteiger partial charge on any atom is -0.374 e. The molecule has 3 fully saturated rings. The number of aromatic nitrogens is 3. The molecule has 4 aromatic rings. The standard InChI is InChI=1S/C42H52ClFN8O3/c1-24(2)46-40(54)30-20-35(33(44)21-32(30)43)48-39-38-36(45-23-51(38)25(3)4)22-34(47-39)27-9-10-31-37(17-27)52(29-18-28(19-29)50-13-7-6-8-14-50)41(55)42(31)11-15-49(16-12-42)26(5)53/h9-10,17,20-25,28-29,40,46,54H,6-8,11-16,18-19H2,1-5H3,(H,47,48)/t28-,29+,40?. The normalized spacial score (nSPS) is 21.8. The Bertz CT molecular complexity index is 2120. The zero-order valence-corrected chi connectivity index (χ0v) is 33.2. The monoisotopic (exact) mass is 770 g/mol. The molecule has 1 unspecified atom stereocenters. The lowest BCUT2D eigenvalue weighted by Gasteiger charge is -2.48. The van der Waals surface area contributed by atoms with Gasteiger partial charge in [-0.1, -0.05) is 30.2 Å². The van der Waals surface area contributed by atoms with Gasteiger partial charge < -0.3 is 29.7 Å². The van der Waals surface area contributed by atoms with Gasteiger partial charge in [0.1, 0.15) is 17.6 Å². The van der Waals surface area contributed by atoms with Crippen LogP contribution < -0.4 is 15.5 Å². The Labute approximate surface area is 327 Å². The highest BCUT2D eigenvalue weighted by atomic mass is 35.5. The Balaban J connectivity index is 1.19. The third-order valence-electron chi connectivity index (χ3n) is 12.4. The maximum absolute atomic E-state index is 15.6. The molecule has 2 aromatic heterocycles. The van der Waals surface area contributed by atoms with Crippen LogP contribution in [0.3, 0.4) is 0 Å². The van der Waals surface area contributed by atoms with Crippen molar-refractivity contribution >= 4 is 51.6 Å². The molecule has 4 aliphatic rings. The van der Waals surface area contributed by atoms with Crippen molar-refractivity contribution in [1.29, 1.82) is 0 Å². The van der Waals surface area contributed by atoms with Crippen molar-refractivity contribution in [3.63, 3.8) is 0 Å². The summed E-state index contributed by atoms with van der Waals surface area (Å²) in [5.74, 6) is 0.00853. The highest BCUT2D eigenvalue weighted by molar-refractivity contribution is 6.31. The summed E-state index contributed by atoms with van der Waals surface area (Å²) >= 11 is 6.41. The second-order valence-electron chi connectivity index (χ2n) is 16.5. The maximum Gasteiger partial charge on any atom is 0.238 e. The summed E-state index contributed by atoms with van der Waals surface area (Å²) in [7, 11) is 0. The van der Waals surface area contributed by atoms with Crippen LogP contribution >= 0.6 is 11.6 Å². The van der Waals surface area contributed by atoms with Gasteiger partial charge in [-0.3, -0.25) is 14.9 Å². The van der Waals surface area contributed by atoms with Gasteiger partial charge in [0.05, 0.1) is 33.7 Å². The first-order chi connectivity index (χ1) is 26.3. The van der Waals surface area contributed by atoms with E-state index in [4.69, 9.17) is 21.6 Å². The highest BCUT2D eigenvalue weighted by Crippen LogP contribution is 2.52. The van der Waals surface area contributed by atoms with E-state index >= 15 is 4.39 Å². The minimum absolute atomic E-state index is 0.0342. The number of fused-ring (bicyclic) bond motifs is 3. The zero-order chi connectivity index (χ0) is 38.8. The molecule has 0 radical (unpaired) electrons. The van der Waals surface area contributed by atoms with Gasteiger partial charge in [0.15, 0.2) is 5.82 Å². The Kier molecular flexibility index (Phi) is 10.1. The molecule has 2 saturated heterocycles. The van der Waals surface area contributed by atoms with Crippen molar-refractivity contribution in [2.24, 2.45) is 0 Å². The fraction of sp³-hybridized carbons (Fsp3) is 0.524. The molecule has 1 aliphatic carbocycles. The van der Waals surface area contributed by atoms with Gasteiger partial charge in [0, 0.05) is 61.0 Å². The van der Waals surface area contributed by atoms with Crippen LogP contribution in [0.15, 0.2) is 42.7 Å². The quantitative estimate of drug-likeness (QED) is 0.150.